The average Bonchev–Trinajstić information content (AvgIpc) is 2.61. The van der Waals surface area contributed by atoms with Crippen LogP contribution in [-0.4, -0.2) is 75.7 Å². The lowest BCUT2D eigenvalue weighted by atomic mass is 10.1. The van der Waals surface area contributed by atoms with E-state index in [9.17, 15) is 21.6 Å². The van der Waals surface area contributed by atoms with Gasteiger partial charge in [-0.05, 0) is 31.5 Å². The van der Waals surface area contributed by atoms with Gasteiger partial charge in [-0.2, -0.15) is 13.2 Å². The van der Waals surface area contributed by atoms with Crippen LogP contribution in [0.1, 0.15) is 25.0 Å². The Morgan fingerprint density at radius 1 is 1.10 bits per heavy atom. The first-order valence-electron chi connectivity index (χ1n) is 9.62. The van der Waals surface area contributed by atoms with Crippen molar-refractivity contribution in [3.8, 4) is 0 Å². The Balaban J connectivity index is 1.85. The molecule has 1 aliphatic rings. The molecule has 30 heavy (non-hydrogen) atoms. The molecule has 0 aliphatic carbocycles. The number of hydrogen-bond acceptors (Lipinski definition) is 4. The molecule has 0 atom stereocenters. The van der Waals surface area contributed by atoms with Gasteiger partial charge in [-0.25, -0.2) is 13.1 Å². The van der Waals surface area contributed by atoms with Gasteiger partial charge in [-0.1, -0.05) is 12.1 Å². The van der Waals surface area contributed by atoms with Crippen LogP contribution >= 0.6 is 0 Å². The molecule has 0 amide bonds. The number of alkyl halides is 3. The predicted molar refractivity (Wildman–Crippen MR) is 112 cm³/mol. The number of nitrogens with one attached hydrogen (secondary N) is 2. The summed E-state index contributed by atoms with van der Waals surface area (Å²) in [6, 6.07) is 5.27. The third-order valence-electron chi connectivity index (χ3n) is 4.72. The summed E-state index contributed by atoms with van der Waals surface area (Å²) in [7, 11) is -1.65. The van der Waals surface area contributed by atoms with Crippen molar-refractivity contribution in [2.75, 3.05) is 46.0 Å². The Kier molecular flexibility index (Phi) is 7.75. The summed E-state index contributed by atoms with van der Waals surface area (Å²) >= 11 is 0. The van der Waals surface area contributed by atoms with Gasteiger partial charge < -0.3 is 10.2 Å². The van der Waals surface area contributed by atoms with Crippen molar-refractivity contribution in [3.63, 3.8) is 0 Å². The highest BCUT2D eigenvalue weighted by molar-refractivity contribution is 7.88. The quantitative estimate of drug-likeness (QED) is 0.511. The number of aliphatic imine (C=N–C) groups is 1. The highest BCUT2D eigenvalue weighted by Gasteiger charge is 2.30. The molecule has 2 rings (SSSR count). The highest BCUT2D eigenvalue weighted by atomic mass is 32.2. The van der Waals surface area contributed by atoms with E-state index in [1.54, 1.807) is 20.9 Å². The SMILES string of the molecule is CN=C(NCC(C)(C)NS(C)(=O)=O)N1CCN(Cc2ccc(C(F)(F)F)cc2)CC1. The molecule has 7 nitrogen and oxygen atoms in total. The number of rotatable bonds is 6. The average molecular weight is 450 g/mol. The normalized spacial score (nSPS) is 17.3. The standard InChI is InChI=1S/C19H30F3N5O2S/c1-18(2,25-30(4,28)29)14-24-17(23-3)27-11-9-26(10-12-27)13-15-5-7-16(8-6-15)19(20,21)22/h5-8,25H,9-14H2,1-4H3,(H,23,24). The van der Waals surface area contributed by atoms with Crippen LogP contribution in [0.5, 0.6) is 0 Å². The first-order chi connectivity index (χ1) is 13.8. The molecule has 0 unspecified atom stereocenters. The molecule has 0 spiro atoms. The fourth-order valence-electron chi connectivity index (χ4n) is 3.35. The lowest BCUT2D eigenvalue weighted by molar-refractivity contribution is -0.137. The van der Waals surface area contributed by atoms with Crippen molar-refractivity contribution in [2.24, 2.45) is 4.99 Å². The Labute approximate surface area is 176 Å². The summed E-state index contributed by atoms with van der Waals surface area (Å²) in [6.45, 7) is 7.44. The van der Waals surface area contributed by atoms with Gasteiger partial charge in [0.2, 0.25) is 10.0 Å². The van der Waals surface area contributed by atoms with E-state index < -0.39 is 27.3 Å². The van der Waals surface area contributed by atoms with Gasteiger partial charge in [-0.15, -0.1) is 0 Å². The molecule has 1 saturated heterocycles. The highest BCUT2D eigenvalue weighted by Crippen LogP contribution is 2.29. The molecule has 0 aromatic heterocycles. The van der Waals surface area contributed by atoms with Crippen molar-refractivity contribution in [1.29, 1.82) is 0 Å². The van der Waals surface area contributed by atoms with Crippen LogP contribution < -0.4 is 10.0 Å². The molecule has 1 heterocycles. The number of sulfonamides is 1. The van der Waals surface area contributed by atoms with E-state index in [1.165, 1.54) is 12.1 Å². The van der Waals surface area contributed by atoms with Crippen molar-refractivity contribution in [1.82, 2.24) is 19.8 Å². The second kappa shape index (κ2) is 9.52. The molecule has 1 aromatic carbocycles. The van der Waals surface area contributed by atoms with Crippen molar-refractivity contribution in [3.05, 3.63) is 35.4 Å². The minimum atomic E-state index is -4.32. The Morgan fingerprint density at radius 3 is 2.13 bits per heavy atom. The Bertz CT molecular complexity index is 831. The molecule has 1 fully saturated rings. The summed E-state index contributed by atoms with van der Waals surface area (Å²) in [6.07, 6.45) is -3.20. The molecule has 1 aliphatic heterocycles. The summed E-state index contributed by atoms with van der Waals surface area (Å²) in [5.41, 5.74) is -0.472. The molecule has 0 radical (unpaired) electrons. The van der Waals surface area contributed by atoms with Crippen molar-refractivity contribution >= 4 is 16.0 Å². The third-order valence-corrected chi connectivity index (χ3v) is 5.64. The minimum absolute atomic E-state index is 0.374. The van der Waals surface area contributed by atoms with Gasteiger partial charge in [0.05, 0.1) is 11.8 Å². The summed E-state index contributed by atoms with van der Waals surface area (Å²) in [4.78, 5) is 8.55. The largest absolute Gasteiger partial charge is 0.416 e. The fourth-order valence-corrected chi connectivity index (χ4v) is 4.42. The lowest BCUT2D eigenvalue weighted by Crippen LogP contribution is -2.56. The number of guanidine groups is 1. The summed E-state index contributed by atoms with van der Waals surface area (Å²) in [5.74, 6) is 0.688. The molecule has 2 N–H and O–H groups in total. The Hall–Kier alpha value is -1.85. The van der Waals surface area contributed by atoms with Crippen LogP contribution in [0, 0.1) is 0 Å². The zero-order valence-electron chi connectivity index (χ0n) is 17.8. The first-order valence-corrected chi connectivity index (χ1v) is 11.5. The number of benzene rings is 1. The van der Waals surface area contributed by atoms with E-state index in [1.807, 2.05) is 0 Å². The van der Waals surface area contributed by atoms with Gasteiger partial charge in [0.1, 0.15) is 0 Å². The molecule has 170 valence electrons. The Morgan fingerprint density at radius 2 is 1.67 bits per heavy atom. The van der Waals surface area contributed by atoms with Gasteiger partial charge in [0, 0.05) is 51.9 Å². The third kappa shape index (κ3) is 7.77. The van der Waals surface area contributed by atoms with E-state index in [0.717, 1.165) is 37.0 Å². The lowest BCUT2D eigenvalue weighted by Gasteiger charge is -2.37. The van der Waals surface area contributed by atoms with Crippen LogP contribution in [0.2, 0.25) is 0 Å². The first kappa shape index (κ1) is 24.4. The molecular weight excluding hydrogens is 419 g/mol. The topological polar surface area (TPSA) is 77.0 Å². The van der Waals surface area contributed by atoms with E-state index in [-0.39, 0.29) is 0 Å². The van der Waals surface area contributed by atoms with Crippen LogP contribution in [0.25, 0.3) is 0 Å². The van der Waals surface area contributed by atoms with E-state index in [2.05, 4.69) is 24.8 Å². The number of piperazine rings is 1. The predicted octanol–water partition coefficient (Wildman–Crippen LogP) is 1.73. The zero-order chi connectivity index (χ0) is 22.6. The maximum absolute atomic E-state index is 12.7. The number of halogens is 3. The minimum Gasteiger partial charge on any atom is -0.354 e. The second-order valence-electron chi connectivity index (χ2n) is 8.12. The van der Waals surface area contributed by atoms with Crippen LogP contribution in [0.3, 0.4) is 0 Å². The van der Waals surface area contributed by atoms with Crippen molar-refractivity contribution in [2.45, 2.75) is 32.1 Å². The zero-order valence-corrected chi connectivity index (χ0v) is 18.6. The van der Waals surface area contributed by atoms with Crippen LogP contribution in [0.15, 0.2) is 29.3 Å². The summed E-state index contributed by atoms with van der Waals surface area (Å²) < 4.78 is 63.6. The molecule has 0 bridgehead atoms. The number of hydrogen-bond donors (Lipinski definition) is 2. The van der Waals surface area contributed by atoms with Gasteiger partial charge >= 0.3 is 6.18 Å². The number of nitrogens with zero attached hydrogens (tertiary/aromatic N) is 3. The van der Waals surface area contributed by atoms with Crippen LogP contribution in [-0.2, 0) is 22.7 Å². The van der Waals surface area contributed by atoms with Gasteiger partial charge in [0.15, 0.2) is 5.96 Å². The molecular formula is C19H30F3N5O2S. The smallest absolute Gasteiger partial charge is 0.354 e. The monoisotopic (exact) mass is 449 g/mol. The van der Waals surface area contributed by atoms with E-state index in [0.29, 0.717) is 32.1 Å². The van der Waals surface area contributed by atoms with Crippen molar-refractivity contribution < 1.29 is 21.6 Å². The van der Waals surface area contributed by atoms with E-state index in [4.69, 9.17) is 0 Å². The maximum Gasteiger partial charge on any atom is 0.416 e. The molecule has 11 heteroatoms. The van der Waals surface area contributed by atoms with E-state index >= 15 is 0 Å². The van der Waals surface area contributed by atoms with Crippen LogP contribution in [0.4, 0.5) is 13.2 Å². The molecule has 0 saturated carbocycles. The second-order valence-corrected chi connectivity index (χ2v) is 9.87. The van der Waals surface area contributed by atoms with Gasteiger partial charge in [-0.3, -0.25) is 9.89 Å². The summed E-state index contributed by atoms with van der Waals surface area (Å²) in [5, 5.41) is 3.21. The fraction of sp³-hybridized carbons (Fsp3) is 0.632. The molecule has 1 aromatic rings. The van der Waals surface area contributed by atoms with Gasteiger partial charge in [0.25, 0.3) is 0 Å². The maximum atomic E-state index is 12.7.